The van der Waals surface area contributed by atoms with Crippen LogP contribution < -0.4 is 14.9 Å². The third-order valence-corrected chi connectivity index (χ3v) is 5.36. The molecule has 1 N–H and O–H groups in total. The molecule has 2 aromatic rings. The minimum atomic E-state index is -0.431. The van der Waals surface area contributed by atoms with Crippen molar-refractivity contribution in [3.63, 3.8) is 0 Å². The number of benzene rings is 2. The molecule has 0 unspecified atom stereocenters. The Kier molecular flexibility index (Phi) is 13.1. The lowest BCUT2D eigenvalue weighted by atomic mass is 10.1. The van der Waals surface area contributed by atoms with Crippen LogP contribution in [0.5, 0.6) is 11.5 Å². The van der Waals surface area contributed by atoms with Gasteiger partial charge in [0.2, 0.25) is 5.91 Å². The van der Waals surface area contributed by atoms with Gasteiger partial charge in [0, 0.05) is 6.42 Å². The van der Waals surface area contributed by atoms with Crippen molar-refractivity contribution in [3.05, 3.63) is 59.7 Å². The Morgan fingerprint density at radius 2 is 1.41 bits per heavy atom. The highest BCUT2D eigenvalue weighted by atomic mass is 16.5. The maximum atomic E-state index is 12.4. The SMILES string of the molecule is CCCCCCCCCC(=O)N/N=C/c1ccc(OC(=O)c2ccc(OCCCC)cc2)cc1. The van der Waals surface area contributed by atoms with Crippen molar-refractivity contribution in [1.82, 2.24) is 5.43 Å². The number of esters is 1. The van der Waals surface area contributed by atoms with E-state index in [4.69, 9.17) is 9.47 Å². The normalized spacial score (nSPS) is 10.9. The largest absolute Gasteiger partial charge is 0.494 e. The molecule has 0 atom stereocenters. The fraction of sp³-hybridized carbons (Fsp3) is 0.464. The zero-order valence-corrected chi connectivity index (χ0v) is 20.6. The number of hydrogen-bond acceptors (Lipinski definition) is 5. The zero-order valence-electron chi connectivity index (χ0n) is 20.6. The number of ether oxygens (including phenoxy) is 2. The summed E-state index contributed by atoms with van der Waals surface area (Å²) in [5, 5.41) is 4.01. The van der Waals surface area contributed by atoms with E-state index in [1.54, 1.807) is 54.7 Å². The minimum Gasteiger partial charge on any atom is -0.494 e. The van der Waals surface area contributed by atoms with Gasteiger partial charge in [0.25, 0.3) is 0 Å². The molecule has 0 fully saturated rings. The number of nitrogens with zero attached hydrogens (tertiary/aromatic N) is 1. The molecule has 0 heterocycles. The lowest BCUT2D eigenvalue weighted by Crippen LogP contribution is -2.16. The number of carbonyl (C=O) groups is 2. The van der Waals surface area contributed by atoms with Crippen LogP contribution in [0.15, 0.2) is 53.6 Å². The molecule has 34 heavy (non-hydrogen) atoms. The number of hydrogen-bond donors (Lipinski definition) is 1. The third-order valence-electron chi connectivity index (χ3n) is 5.36. The first kappa shape index (κ1) is 27.1. The Morgan fingerprint density at radius 1 is 0.794 bits per heavy atom. The molecule has 184 valence electrons. The van der Waals surface area contributed by atoms with E-state index in [-0.39, 0.29) is 5.91 Å². The predicted octanol–water partition coefficient (Wildman–Crippen LogP) is 6.68. The first-order chi connectivity index (χ1) is 16.6. The Labute approximate surface area is 203 Å². The lowest BCUT2D eigenvalue weighted by molar-refractivity contribution is -0.121. The Morgan fingerprint density at radius 3 is 2.09 bits per heavy atom. The van der Waals surface area contributed by atoms with Gasteiger partial charge < -0.3 is 9.47 Å². The van der Waals surface area contributed by atoms with Crippen LogP contribution in [0.2, 0.25) is 0 Å². The van der Waals surface area contributed by atoms with Crippen LogP contribution in [-0.2, 0) is 4.79 Å². The van der Waals surface area contributed by atoms with E-state index >= 15 is 0 Å². The van der Waals surface area contributed by atoms with E-state index in [9.17, 15) is 9.59 Å². The van der Waals surface area contributed by atoms with E-state index in [1.807, 2.05) is 0 Å². The van der Waals surface area contributed by atoms with Crippen LogP contribution in [0, 0.1) is 0 Å². The van der Waals surface area contributed by atoms with Gasteiger partial charge in [0.15, 0.2) is 0 Å². The monoisotopic (exact) mass is 466 g/mol. The molecule has 0 aromatic heterocycles. The molecule has 0 saturated carbocycles. The molecule has 6 heteroatoms. The second kappa shape index (κ2) is 16.5. The molecular formula is C28H38N2O4. The van der Waals surface area contributed by atoms with Crippen molar-refractivity contribution in [2.75, 3.05) is 6.61 Å². The fourth-order valence-corrected chi connectivity index (χ4v) is 3.29. The van der Waals surface area contributed by atoms with Gasteiger partial charge in [-0.15, -0.1) is 0 Å². The molecule has 0 aliphatic carbocycles. The summed E-state index contributed by atoms with van der Waals surface area (Å²) < 4.78 is 11.0. The van der Waals surface area contributed by atoms with Crippen molar-refractivity contribution < 1.29 is 19.1 Å². The van der Waals surface area contributed by atoms with E-state index in [0.29, 0.717) is 24.3 Å². The van der Waals surface area contributed by atoms with Gasteiger partial charge in [-0.05, 0) is 66.9 Å². The molecule has 0 saturated heterocycles. The summed E-state index contributed by atoms with van der Waals surface area (Å²) in [6.45, 7) is 4.98. The second-order valence-corrected chi connectivity index (χ2v) is 8.35. The summed E-state index contributed by atoms with van der Waals surface area (Å²) >= 11 is 0. The highest BCUT2D eigenvalue weighted by Gasteiger charge is 2.09. The quantitative estimate of drug-likeness (QED) is 0.0984. The van der Waals surface area contributed by atoms with E-state index in [0.717, 1.165) is 37.0 Å². The Balaban J connectivity index is 1.69. The highest BCUT2D eigenvalue weighted by Crippen LogP contribution is 2.17. The highest BCUT2D eigenvalue weighted by molar-refractivity contribution is 5.91. The molecule has 2 rings (SSSR count). The zero-order chi connectivity index (χ0) is 24.4. The van der Waals surface area contributed by atoms with Crippen molar-refractivity contribution in [1.29, 1.82) is 0 Å². The van der Waals surface area contributed by atoms with E-state index < -0.39 is 5.97 Å². The maximum Gasteiger partial charge on any atom is 0.343 e. The summed E-state index contributed by atoms with van der Waals surface area (Å²) in [7, 11) is 0. The molecule has 0 radical (unpaired) electrons. The van der Waals surface area contributed by atoms with Gasteiger partial charge in [-0.3, -0.25) is 4.79 Å². The van der Waals surface area contributed by atoms with Crippen molar-refractivity contribution in [2.24, 2.45) is 5.10 Å². The number of unbranched alkanes of at least 4 members (excludes halogenated alkanes) is 7. The molecule has 0 aliphatic heterocycles. The van der Waals surface area contributed by atoms with Gasteiger partial charge in [-0.25, -0.2) is 10.2 Å². The van der Waals surface area contributed by atoms with E-state index in [1.165, 1.54) is 32.1 Å². The van der Waals surface area contributed by atoms with Crippen molar-refractivity contribution in [2.45, 2.75) is 78.1 Å². The number of amides is 1. The summed E-state index contributed by atoms with van der Waals surface area (Å²) in [6.07, 6.45) is 12.4. The molecule has 0 spiro atoms. The number of rotatable bonds is 16. The predicted molar refractivity (Wildman–Crippen MR) is 137 cm³/mol. The number of carbonyl (C=O) groups excluding carboxylic acids is 2. The standard InChI is InChI=1S/C28H38N2O4/c1-3-5-7-8-9-10-11-12-27(31)30-29-22-23-13-17-26(18-14-23)34-28(32)24-15-19-25(20-16-24)33-21-6-4-2/h13-20,22H,3-12,21H2,1-2H3,(H,30,31)/b29-22+. The van der Waals surface area contributed by atoms with Gasteiger partial charge in [0.1, 0.15) is 11.5 Å². The van der Waals surface area contributed by atoms with Gasteiger partial charge in [0.05, 0.1) is 18.4 Å². The van der Waals surface area contributed by atoms with Crippen LogP contribution in [-0.4, -0.2) is 24.7 Å². The second-order valence-electron chi connectivity index (χ2n) is 8.35. The minimum absolute atomic E-state index is 0.0721. The maximum absolute atomic E-state index is 12.4. The van der Waals surface area contributed by atoms with Crippen LogP contribution in [0.3, 0.4) is 0 Å². The Bertz CT molecular complexity index is 876. The van der Waals surface area contributed by atoms with Crippen LogP contribution in [0.1, 0.15) is 94.0 Å². The summed E-state index contributed by atoms with van der Waals surface area (Å²) in [6, 6.07) is 13.9. The summed E-state index contributed by atoms with van der Waals surface area (Å²) in [5.74, 6) is 0.674. The molecule has 0 aliphatic rings. The van der Waals surface area contributed by atoms with Gasteiger partial charge in [-0.1, -0.05) is 58.8 Å². The molecule has 6 nitrogen and oxygen atoms in total. The topological polar surface area (TPSA) is 77.0 Å². The third kappa shape index (κ3) is 11.1. The lowest BCUT2D eigenvalue weighted by Gasteiger charge is -2.07. The smallest absolute Gasteiger partial charge is 0.343 e. The average Bonchev–Trinajstić information content (AvgIpc) is 2.85. The first-order valence-electron chi connectivity index (χ1n) is 12.5. The molecule has 1 amide bonds. The van der Waals surface area contributed by atoms with Crippen molar-refractivity contribution in [3.8, 4) is 11.5 Å². The number of nitrogens with one attached hydrogen (secondary N) is 1. The average molecular weight is 467 g/mol. The number of hydrazone groups is 1. The van der Waals surface area contributed by atoms with E-state index in [2.05, 4.69) is 24.4 Å². The molecular weight excluding hydrogens is 428 g/mol. The summed E-state index contributed by atoms with van der Waals surface area (Å²) in [4.78, 5) is 24.2. The van der Waals surface area contributed by atoms with Crippen LogP contribution >= 0.6 is 0 Å². The van der Waals surface area contributed by atoms with Crippen molar-refractivity contribution >= 4 is 18.1 Å². The fourth-order valence-electron chi connectivity index (χ4n) is 3.29. The van der Waals surface area contributed by atoms with Crippen LogP contribution in [0.4, 0.5) is 0 Å². The van der Waals surface area contributed by atoms with Crippen LogP contribution in [0.25, 0.3) is 0 Å². The summed E-state index contributed by atoms with van der Waals surface area (Å²) in [5.41, 5.74) is 3.82. The Hall–Kier alpha value is -3.15. The van der Waals surface area contributed by atoms with Gasteiger partial charge in [-0.2, -0.15) is 5.10 Å². The molecule has 2 aromatic carbocycles. The molecule has 0 bridgehead atoms. The van der Waals surface area contributed by atoms with Gasteiger partial charge >= 0.3 is 5.97 Å². The first-order valence-corrected chi connectivity index (χ1v) is 12.5.